The van der Waals surface area contributed by atoms with E-state index < -0.39 is 0 Å². The molecule has 2 aromatic carbocycles. The molecule has 0 aliphatic carbocycles. The van der Waals surface area contributed by atoms with Gasteiger partial charge in [-0.05, 0) is 17.5 Å². The molecule has 0 radical (unpaired) electrons. The minimum atomic E-state index is 0. The number of ether oxygens (including phenoxy) is 1. The van der Waals surface area contributed by atoms with Crippen molar-refractivity contribution in [2.24, 2.45) is 0 Å². The third-order valence-electron chi connectivity index (χ3n) is 3.11. The molecule has 0 aliphatic heterocycles. The number of methoxy groups -OCH3 is 1. The molecule has 2 nitrogen and oxygen atoms in total. The lowest BCUT2D eigenvalue weighted by Gasteiger charge is -2.04. The summed E-state index contributed by atoms with van der Waals surface area (Å²) in [7, 11) is 1.70. The van der Waals surface area contributed by atoms with Gasteiger partial charge in [-0.25, -0.2) is 0 Å². The summed E-state index contributed by atoms with van der Waals surface area (Å²) in [4.78, 5) is 0. The van der Waals surface area contributed by atoms with Crippen LogP contribution in [-0.2, 0) is 0 Å². The molecule has 102 valence electrons. The summed E-state index contributed by atoms with van der Waals surface area (Å²) in [6, 6.07) is 16.4. The van der Waals surface area contributed by atoms with Crippen LogP contribution >= 0.6 is 15.9 Å². The van der Waals surface area contributed by atoms with Crippen molar-refractivity contribution in [2.45, 2.75) is 0 Å². The van der Waals surface area contributed by atoms with E-state index in [-0.39, 0.29) is 17.0 Å². The zero-order chi connectivity index (χ0) is 13.2. The van der Waals surface area contributed by atoms with Crippen LogP contribution in [0.2, 0.25) is 0 Å². The van der Waals surface area contributed by atoms with Gasteiger partial charge in [0.2, 0.25) is 5.69 Å². The summed E-state index contributed by atoms with van der Waals surface area (Å²) in [6.07, 6.45) is 4.15. The standard InChI is InChI=1S/C16H13BrNO.BrH/c1-19-16-7-2-4-12-8-9-18(11-15(12)16)14-6-3-5-13(17)10-14;/h2-11H,1H3;1H/q+1;/p-1. The molecular weight excluding hydrogens is 382 g/mol. The second-order valence-electron chi connectivity index (χ2n) is 4.30. The SMILES string of the molecule is COc1cccc2cc[n+](-c3cccc(Br)c3)cc12.[Br-]. The highest BCUT2D eigenvalue weighted by Gasteiger charge is 2.10. The van der Waals surface area contributed by atoms with Gasteiger partial charge in [-0.2, -0.15) is 4.57 Å². The maximum Gasteiger partial charge on any atom is 0.211 e. The van der Waals surface area contributed by atoms with Crippen molar-refractivity contribution in [3.8, 4) is 11.4 Å². The van der Waals surface area contributed by atoms with Gasteiger partial charge < -0.3 is 21.7 Å². The first-order valence-electron chi connectivity index (χ1n) is 6.02. The number of hydrogen-bond donors (Lipinski definition) is 0. The molecule has 1 heterocycles. The predicted molar refractivity (Wildman–Crippen MR) is 79.7 cm³/mol. The molecule has 20 heavy (non-hydrogen) atoms. The smallest absolute Gasteiger partial charge is 0.211 e. The average Bonchev–Trinajstić information content (AvgIpc) is 2.46. The van der Waals surface area contributed by atoms with Crippen molar-refractivity contribution in [3.63, 3.8) is 0 Å². The number of nitrogens with zero attached hydrogens (tertiary/aromatic N) is 1. The molecular formula is C16H13Br2NO. The van der Waals surface area contributed by atoms with E-state index in [1.165, 1.54) is 5.39 Å². The van der Waals surface area contributed by atoms with Crippen molar-refractivity contribution in [2.75, 3.05) is 7.11 Å². The second-order valence-corrected chi connectivity index (χ2v) is 5.21. The van der Waals surface area contributed by atoms with Crippen LogP contribution in [0.15, 0.2) is 65.4 Å². The van der Waals surface area contributed by atoms with Gasteiger partial charge in [-0.15, -0.1) is 0 Å². The summed E-state index contributed by atoms with van der Waals surface area (Å²) in [5, 5.41) is 2.28. The summed E-state index contributed by atoms with van der Waals surface area (Å²) >= 11 is 3.50. The average molecular weight is 395 g/mol. The van der Waals surface area contributed by atoms with E-state index in [1.54, 1.807) is 7.11 Å². The summed E-state index contributed by atoms with van der Waals surface area (Å²) in [5.74, 6) is 0.891. The lowest BCUT2D eigenvalue weighted by molar-refractivity contribution is -0.594. The van der Waals surface area contributed by atoms with Crippen LogP contribution in [0.1, 0.15) is 0 Å². The lowest BCUT2D eigenvalue weighted by Crippen LogP contribution is -3.00. The van der Waals surface area contributed by atoms with E-state index in [9.17, 15) is 0 Å². The van der Waals surface area contributed by atoms with E-state index in [0.29, 0.717) is 0 Å². The molecule has 0 fully saturated rings. The van der Waals surface area contributed by atoms with Crippen LogP contribution in [0.5, 0.6) is 5.75 Å². The highest BCUT2D eigenvalue weighted by atomic mass is 79.9. The van der Waals surface area contributed by atoms with Crippen molar-refractivity contribution in [1.29, 1.82) is 0 Å². The molecule has 0 bridgehead atoms. The van der Waals surface area contributed by atoms with Gasteiger partial charge in [-0.1, -0.05) is 34.1 Å². The van der Waals surface area contributed by atoms with Crippen molar-refractivity contribution in [1.82, 2.24) is 0 Å². The molecule has 0 aliphatic rings. The number of halogens is 2. The fourth-order valence-corrected chi connectivity index (χ4v) is 2.55. The Bertz CT molecular complexity index is 743. The first kappa shape index (κ1) is 15.0. The first-order chi connectivity index (χ1) is 9.28. The molecule has 0 spiro atoms. The van der Waals surface area contributed by atoms with Crippen LogP contribution in [0.4, 0.5) is 0 Å². The number of aromatic nitrogens is 1. The van der Waals surface area contributed by atoms with Gasteiger partial charge in [0.15, 0.2) is 12.4 Å². The normalized spacial score (nSPS) is 10.1. The molecule has 0 saturated carbocycles. The summed E-state index contributed by atoms with van der Waals surface area (Å²) in [6.45, 7) is 0. The minimum absolute atomic E-state index is 0. The quantitative estimate of drug-likeness (QED) is 0.588. The topological polar surface area (TPSA) is 13.1 Å². The Balaban J connectivity index is 0.00000147. The van der Waals surface area contributed by atoms with Crippen LogP contribution in [-0.4, -0.2) is 7.11 Å². The Morgan fingerprint density at radius 2 is 1.85 bits per heavy atom. The fraction of sp³-hybridized carbons (Fsp3) is 0.0625. The Labute approximate surface area is 136 Å². The summed E-state index contributed by atoms with van der Waals surface area (Å²) < 4.78 is 8.58. The van der Waals surface area contributed by atoms with Crippen LogP contribution in [0.25, 0.3) is 16.5 Å². The van der Waals surface area contributed by atoms with Gasteiger partial charge >= 0.3 is 0 Å². The molecule has 3 rings (SSSR count). The number of fused-ring (bicyclic) bond motifs is 1. The Kier molecular flexibility index (Phi) is 4.78. The molecule has 0 unspecified atom stereocenters. The van der Waals surface area contributed by atoms with Crippen molar-refractivity contribution in [3.05, 3.63) is 65.4 Å². The monoisotopic (exact) mass is 393 g/mol. The van der Waals surface area contributed by atoms with Crippen LogP contribution in [0.3, 0.4) is 0 Å². The van der Waals surface area contributed by atoms with Crippen molar-refractivity contribution < 1.29 is 26.3 Å². The molecule has 3 aromatic rings. The maximum absolute atomic E-state index is 5.42. The zero-order valence-corrected chi connectivity index (χ0v) is 14.1. The third kappa shape index (κ3) is 2.86. The number of hydrogen-bond acceptors (Lipinski definition) is 1. The molecule has 0 N–H and O–H groups in total. The Morgan fingerprint density at radius 3 is 2.60 bits per heavy atom. The van der Waals surface area contributed by atoms with E-state index in [1.807, 2.05) is 24.3 Å². The minimum Gasteiger partial charge on any atom is -1.00 e. The molecule has 1 aromatic heterocycles. The van der Waals surface area contributed by atoms with Crippen LogP contribution < -0.4 is 26.3 Å². The predicted octanol–water partition coefficient (Wildman–Crippen LogP) is 0.892. The number of benzene rings is 2. The van der Waals surface area contributed by atoms with Gasteiger partial charge in [0.05, 0.1) is 12.5 Å². The third-order valence-corrected chi connectivity index (χ3v) is 3.60. The number of rotatable bonds is 2. The van der Waals surface area contributed by atoms with Gasteiger partial charge in [-0.3, -0.25) is 0 Å². The molecule has 0 atom stereocenters. The highest BCUT2D eigenvalue weighted by molar-refractivity contribution is 9.10. The van der Waals surface area contributed by atoms with Crippen molar-refractivity contribution >= 4 is 26.7 Å². The van der Waals surface area contributed by atoms with Gasteiger partial charge in [0.1, 0.15) is 5.75 Å². The van der Waals surface area contributed by atoms with E-state index in [2.05, 4.69) is 57.2 Å². The summed E-state index contributed by atoms with van der Waals surface area (Å²) in [5.41, 5.74) is 1.11. The first-order valence-corrected chi connectivity index (χ1v) is 6.81. The Morgan fingerprint density at radius 1 is 1.05 bits per heavy atom. The second kappa shape index (κ2) is 6.37. The lowest BCUT2D eigenvalue weighted by atomic mass is 10.1. The van der Waals surface area contributed by atoms with Gasteiger partial charge in [0, 0.05) is 22.7 Å². The molecule has 4 heteroatoms. The molecule has 0 amide bonds. The van der Waals surface area contributed by atoms with E-state index >= 15 is 0 Å². The van der Waals surface area contributed by atoms with E-state index in [0.717, 1.165) is 21.3 Å². The number of pyridine rings is 1. The highest BCUT2D eigenvalue weighted by Crippen LogP contribution is 2.23. The van der Waals surface area contributed by atoms with Crippen LogP contribution in [0, 0.1) is 0 Å². The maximum atomic E-state index is 5.42. The molecule has 0 saturated heterocycles. The van der Waals surface area contributed by atoms with E-state index in [4.69, 9.17) is 4.74 Å². The fourth-order valence-electron chi connectivity index (χ4n) is 2.16. The Hall–Kier alpha value is -1.39. The largest absolute Gasteiger partial charge is 1.00 e. The van der Waals surface area contributed by atoms with Gasteiger partial charge in [0.25, 0.3) is 0 Å². The zero-order valence-electron chi connectivity index (χ0n) is 10.9.